The van der Waals surface area contributed by atoms with E-state index in [-0.39, 0.29) is 25.5 Å². The molecule has 8 heteroatoms. The minimum absolute atomic E-state index is 0.00166. The average Bonchev–Trinajstić information content (AvgIpc) is 2.62. The van der Waals surface area contributed by atoms with Crippen LogP contribution in [0.5, 0.6) is 0 Å². The topological polar surface area (TPSA) is 92.9 Å². The van der Waals surface area contributed by atoms with Gasteiger partial charge in [-0.05, 0) is 6.42 Å². The minimum Gasteiger partial charge on any atom is -0.480 e. The Hall–Kier alpha value is -0.440. The fourth-order valence-corrected chi connectivity index (χ4v) is 3.34. The Morgan fingerprint density at radius 3 is 2.50 bits per heavy atom. The van der Waals surface area contributed by atoms with Gasteiger partial charge in [0.1, 0.15) is 12.6 Å². The molecule has 0 spiro atoms. The van der Waals surface area contributed by atoms with Crippen molar-refractivity contribution in [3.05, 3.63) is 0 Å². The zero-order valence-electron chi connectivity index (χ0n) is 10.0. The third-order valence-corrected chi connectivity index (χ3v) is 4.81. The normalized spacial score (nSPS) is 18.2. The van der Waals surface area contributed by atoms with Gasteiger partial charge in [0.2, 0.25) is 5.91 Å². The second kappa shape index (κ2) is 8.63. The first-order chi connectivity index (χ1) is 8.61. The summed E-state index contributed by atoms with van der Waals surface area (Å²) >= 11 is 0. The van der Waals surface area contributed by atoms with E-state index >= 15 is 0 Å². The molecule has 1 aliphatic rings. The SMILES string of the molecule is NC(CCOCC(=O)N1CCSSCC1)C(=O)O. The van der Waals surface area contributed by atoms with Gasteiger partial charge in [0.05, 0.1) is 0 Å². The van der Waals surface area contributed by atoms with Crippen LogP contribution in [0.3, 0.4) is 0 Å². The van der Waals surface area contributed by atoms with Gasteiger partial charge in [-0.15, -0.1) is 0 Å². The van der Waals surface area contributed by atoms with Crippen molar-refractivity contribution in [2.45, 2.75) is 12.5 Å². The molecule has 1 heterocycles. The Balaban J connectivity index is 2.14. The fraction of sp³-hybridized carbons (Fsp3) is 0.800. The van der Waals surface area contributed by atoms with E-state index in [0.717, 1.165) is 24.6 Å². The van der Waals surface area contributed by atoms with Gasteiger partial charge in [-0.2, -0.15) is 0 Å². The third kappa shape index (κ3) is 5.94. The summed E-state index contributed by atoms with van der Waals surface area (Å²) in [6.45, 7) is 1.68. The number of carbonyl (C=O) groups is 2. The summed E-state index contributed by atoms with van der Waals surface area (Å²) in [5.74, 6) is 0.772. The van der Waals surface area contributed by atoms with Gasteiger partial charge in [0.25, 0.3) is 0 Å². The summed E-state index contributed by atoms with van der Waals surface area (Å²) in [6, 6.07) is -0.925. The number of aliphatic carboxylic acids is 1. The average molecular weight is 294 g/mol. The highest BCUT2D eigenvalue weighted by atomic mass is 33.1. The quantitative estimate of drug-likeness (QED) is 0.527. The number of hydrogen-bond donors (Lipinski definition) is 2. The molecule has 1 atom stereocenters. The van der Waals surface area contributed by atoms with Crippen molar-refractivity contribution in [1.82, 2.24) is 4.90 Å². The molecule has 1 amide bonds. The molecule has 1 rings (SSSR count). The van der Waals surface area contributed by atoms with Crippen LogP contribution in [0.4, 0.5) is 0 Å². The number of carboxylic acid groups (broad SMARTS) is 1. The zero-order chi connectivity index (χ0) is 13.4. The maximum Gasteiger partial charge on any atom is 0.320 e. The molecule has 0 saturated carbocycles. The highest BCUT2D eigenvalue weighted by Gasteiger charge is 2.16. The molecule has 6 nitrogen and oxygen atoms in total. The zero-order valence-corrected chi connectivity index (χ0v) is 11.7. The van der Waals surface area contributed by atoms with Crippen LogP contribution >= 0.6 is 21.6 Å². The van der Waals surface area contributed by atoms with E-state index in [9.17, 15) is 9.59 Å². The van der Waals surface area contributed by atoms with Gasteiger partial charge in [-0.1, -0.05) is 21.6 Å². The number of hydrogen-bond acceptors (Lipinski definition) is 6. The molecular weight excluding hydrogens is 276 g/mol. The first-order valence-electron chi connectivity index (χ1n) is 5.69. The molecule has 1 saturated heterocycles. The summed E-state index contributed by atoms with van der Waals surface area (Å²) in [4.78, 5) is 24.0. The minimum atomic E-state index is -1.05. The van der Waals surface area contributed by atoms with Crippen molar-refractivity contribution in [3.8, 4) is 0 Å². The molecule has 0 aromatic rings. The number of amides is 1. The van der Waals surface area contributed by atoms with E-state index in [1.807, 2.05) is 0 Å². The van der Waals surface area contributed by atoms with Crippen LogP contribution in [0, 0.1) is 0 Å². The second-order valence-electron chi connectivity index (χ2n) is 3.81. The molecule has 1 fully saturated rings. The van der Waals surface area contributed by atoms with Gasteiger partial charge in [0.15, 0.2) is 0 Å². The largest absolute Gasteiger partial charge is 0.480 e. The smallest absolute Gasteiger partial charge is 0.320 e. The summed E-state index contributed by atoms with van der Waals surface area (Å²) < 4.78 is 5.16. The lowest BCUT2D eigenvalue weighted by atomic mass is 10.2. The van der Waals surface area contributed by atoms with E-state index < -0.39 is 12.0 Å². The predicted molar refractivity (Wildman–Crippen MR) is 72.5 cm³/mol. The Labute approximate surface area is 114 Å². The number of nitrogens with two attached hydrogens (primary N) is 1. The summed E-state index contributed by atoms with van der Waals surface area (Å²) in [5, 5.41) is 8.57. The van der Waals surface area contributed by atoms with Crippen LogP contribution in [0.25, 0.3) is 0 Å². The highest BCUT2D eigenvalue weighted by molar-refractivity contribution is 8.76. The lowest BCUT2D eigenvalue weighted by Gasteiger charge is -2.19. The Morgan fingerprint density at radius 2 is 1.94 bits per heavy atom. The summed E-state index contributed by atoms with van der Waals surface area (Å²) in [7, 11) is 3.55. The number of rotatable bonds is 6. The van der Waals surface area contributed by atoms with Gasteiger partial charge < -0.3 is 20.5 Å². The van der Waals surface area contributed by atoms with Crippen LogP contribution in [0.2, 0.25) is 0 Å². The van der Waals surface area contributed by atoms with Crippen molar-refractivity contribution in [2.24, 2.45) is 5.73 Å². The van der Waals surface area contributed by atoms with E-state index in [1.165, 1.54) is 0 Å². The highest BCUT2D eigenvalue weighted by Crippen LogP contribution is 2.23. The standard InChI is InChI=1S/C10H18N2O4S2/c11-8(10(14)15)1-4-16-7-9(13)12-2-5-17-18-6-3-12/h8H,1-7,11H2,(H,14,15). The molecule has 0 bridgehead atoms. The van der Waals surface area contributed by atoms with Gasteiger partial charge >= 0.3 is 5.97 Å². The predicted octanol–water partition coefficient (Wildman–Crippen LogP) is 0.0286. The first kappa shape index (κ1) is 15.6. The molecule has 0 radical (unpaired) electrons. The molecule has 1 unspecified atom stereocenters. The molecule has 0 aliphatic carbocycles. The maximum atomic E-state index is 11.8. The van der Waals surface area contributed by atoms with Gasteiger partial charge in [-0.25, -0.2) is 0 Å². The van der Waals surface area contributed by atoms with Crippen molar-refractivity contribution in [2.75, 3.05) is 37.8 Å². The van der Waals surface area contributed by atoms with E-state index in [0.29, 0.717) is 0 Å². The molecule has 104 valence electrons. The Morgan fingerprint density at radius 1 is 1.33 bits per heavy atom. The van der Waals surface area contributed by atoms with E-state index in [4.69, 9.17) is 15.6 Å². The van der Waals surface area contributed by atoms with Gasteiger partial charge in [-0.3, -0.25) is 9.59 Å². The maximum absolute atomic E-state index is 11.8. The Bertz CT molecular complexity index is 283. The summed E-state index contributed by atoms with van der Waals surface area (Å²) in [5.41, 5.74) is 5.32. The first-order valence-corrected chi connectivity index (χ1v) is 8.18. The van der Waals surface area contributed by atoms with Crippen molar-refractivity contribution >= 4 is 33.5 Å². The van der Waals surface area contributed by atoms with Crippen LogP contribution in [0.1, 0.15) is 6.42 Å². The van der Waals surface area contributed by atoms with Crippen LogP contribution in [-0.4, -0.2) is 65.7 Å². The van der Waals surface area contributed by atoms with E-state index in [1.54, 1.807) is 26.5 Å². The lowest BCUT2D eigenvalue weighted by molar-refractivity contribution is -0.139. The molecule has 18 heavy (non-hydrogen) atoms. The molecule has 1 aliphatic heterocycles. The summed E-state index contributed by atoms with van der Waals surface area (Å²) in [6.07, 6.45) is 0.217. The number of nitrogens with zero attached hydrogens (tertiary/aromatic N) is 1. The van der Waals surface area contributed by atoms with Crippen LogP contribution in [0.15, 0.2) is 0 Å². The van der Waals surface area contributed by atoms with Crippen molar-refractivity contribution in [1.29, 1.82) is 0 Å². The molecular formula is C10H18N2O4S2. The second-order valence-corrected chi connectivity index (χ2v) is 6.51. The number of carbonyl (C=O) groups excluding carboxylic acids is 1. The van der Waals surface area contributed by atoms with Crippen molar-refractivity contribution in [3.63, 3.8) is 0 Å². The van der Waals surface area contributed by atoms with E-state index in [2.05, 4.69) is 0 Å². The van der Waals surface area contributed by atoms with Crippen molar-refractivity contribution < 1.29 is 19.4 Å². The molecule has 3 N–H and O–H groups in total. The fourth-order valence-electron chi connectivity index (χ4n) is 1.36. The van der Waals surface area contributed by atoms with Crippen LogP contribution < -0.4 is 5.73 Å². The Kier molecular flexibility index (Phi) is 7.48. The lowest BCUT2D eigenvalue weighted by Crippen LogP contribution is -2.37. The third-order valence-electron chi connectivity index (χ3n) is 2.44. The monoisotopic (exact) mass is 294 g/mol. The molecule has 0 aromatic heterocycles. The molecule has 0 aromatic carbocycles. The number of carboxylic acids is 1. The van der Waals surface area contributed by atoms with Gasteiger partial charge in [0, 0.05) is 31.2 Å². The number of ether oxygens (including phenoxy) is 1. The van der Waals surface area contributed by atoms with Crippen LogP contribution in [-0.2, 0) is 14.3 Å².